The van der Waals surface area contributed by atoms with Crippen molar-refractivity contribution in [1.29, 1.82) is 0 Å². The minimum Gasteiger partial charge on any atom is -0.356 e. The molecule has 1 unspecified atom stereocenters. The van der Waals surface area contributed by atoms with Crippen LogP contribution in [0.15, 0.2) is 24.7 Å². The van der Waals surface area contributed by atoms with Crippen molar-refractivity contribution in [2.75, 3.05) is 13.1 Å². The lowest BCUT2D eigenvalue weighted by Gasteiger charge is -2.29. The molecule has 2 aliphatic rings. The third-order valence-corrected chi connectivity index (χ3v) is 5.71. The zero-order valence-corrected chi connectivity index (χ0v) is 14.5. The number of nitrogens with zero attached hydrogens (tertiary/aromatic N) is 3. The quantitative estimate of drug-likeness (QED) is 0.891. The summed E-state index contributed by atoms with van der Waals surface area (Å²) < 4.78 is 1.97. The molecule has 4 rings (SSSR count). The lowest BCUT2D eigenvalue weighted by molar-refractivity contribution is 0.0680. The molecule has 1 amide bonds. The normalized spacial score (nSPS) is 21.8. The van der Waals surface area contributed by atoms with Crippen molar-refractivity contribution in [1.82, 2.24) is 24.8 Å². The van der Waals surface area contributed by atoms with Gasteiger partial charge in [-0.1, -0.05) is 11.6 Å². The SMILES string of the molecule is Cn1ccnc1CN(C(=O)c1cc(Cl)c[nH]1)C1CC12CCNCC2. The highest BCUT2D eigenvalue weighted by Gasteiger charge is 2.58. The first-order valence-corrected chi connectivity index (χ1v) is 8.79. The molecule has 1 spiro atoms. The maximum atomic E-state index is 13.1. The summed E-state index contributed by atoms with van der Waals surface area (Å²) in [6.45, 7) is 2.60. The number of aryl methyl sites for hydroxylation is 1. The summed E-state index contributed by atoms with van der Waals surface area (Å²) >= 11 is 5.99. The number of hydrogen-bond donors (Lipinski definition) is 2. The molecule has 7 heteroatoms. The van der Waals surface area contributed by atoms with Crippen LogP contribution < -0.4 is 5.32 Å². The number of amides is 1. The molecule has 0 bridgehead atoms. The van der Waals surface area contributed by atoms with E-state index in [0.717, 1.165) is 38.2 Å². The molecule has 2 aromatic rings. The Hall–Kier alpha value is -1.79. The Balaban J connectivity index is 1.60. The first-order chi connectivity index (χ1) is 11.6. The Morgan fingerprint density at radius 1 is 1.50 bits per heavy atom. The van der Waals surface area contributed by atoms with Crippen molar-refractivity contribution in [3.63, 3.8) is 0 Å². The van der Waals surface area contributed by atoms with Gasteiger partial charge in [0.05, 0.1) is 11.6 Å². The Kier molecular flexibility index (Phi) is 3.89. The average molecular weight is 348 g/mol. The zero-order valence-electron chi connectivity index (χ0n) is 13.8. The van der Waals surface area contributed by atoms with Crippen molar-refractivity contribution in [3.05, 3.63) is 41.2 Å². The van der Waals surface area contributed by atoms with E-state index in [0.29, 0.717) is 17.3 Å². The van der Waals surface area contributed by atoms with Crippen LogP contribution in [0.3, 0.4) is 0 Å². The van der Waals surface area contributed by atoms with Crippen LogP contribution in [0.5, 0.6) is 0 Å². The van der Waals surface area contributed by atoms with E-state index >= 15 is 0 Å². The average Bonchev–Trinajstić information content (AvgIpc) is 2.91. The summed E-state index contributed by atoms with van der Waals surface area (Å²) in [7, 11) is 1.96. The number of carbonyl (C=O) groups is 1. The van der Waals surface area contributed by atoms with Crippen LogP contribution in [0.1, 0.15) is 35.6 Å². The summed E-state index contributed by atoms with van der Waals surface area (Å²) in [5.74, 6) is 0.905. The van der Waals surface area contributed by atoms with Gasteiger partial charge in [0.15, 0.2) is 0 Å². The van der Waals surface area contributed by atoms with Gasteiger partial charge in [0.1, 0.15) is 11.5 Å². The van der Waals surface area contributed by atoms with Crippen molar-refractivity contribution < 1.29 is 4.79 Å². The smallest absolute Gasteiger partial charge is 0.270 e. The van der Waals surface area contributed by atoms with Crippen LogP contribution in [0.4, 0.5) is 0 Å². The van der Waals surface area contributed by atoms with Crippen molar-refractivity contribution in [2.45, 2.75) is 31.8 Å². The maximum Gasteiger partial charge on any atom is 0.270 e. The molecule has 1 aliphatic heterocycles. The number of nitrogens with one attached hydrogen (secondary N) is 2. The number of aromatic amines is 1. The number of piperidine rings is 1. The van der Waals surface area contributed by atoms with E-state index < -0.39 is 0 Å². The minimum absolute atomic E-state index is 0.00491. The molecule has 2 N–H and O–H groups in total. The summed E-state index contributed by atoms with van der Waals surface area (Å²) in [4.78, 5) is 22.5. The predicted molar refractivity (Wildman–Crippen MR) is 91.8 cm³/mol. The standard InChI is InChI=1S/C17H22ClN5O/c1-22-7-6-20-15(22)11-23(16(24)13-8-12(18)10-21-13)14-9-17(14)2-4-19-5-3-17/h6-8,10,14,19,21H,2-5,9,11H2,1H3. The Bertz CT molecular complexity index is 746. The van der Waals surface area contributed by atoms with E-state index in [-0.39, 0.29) is 17.4 Å². The number of imidazole rings is 1. The fraction of sp³-hybridized carbons (Fsp3) is 0.529. The monoisotopic (exact) mass is 347 g/mol. The molecular formula is C17H22ClN5O. The minimum atomic E-state index is 0.00491. The molecule has 0 aromatic carbocycles. The number of H-pyrrole nitrogens is 1. The van der Waals surface area contributed by atoms with Gasteiger partial charge in [-0.3, -0.25) is 4.79 Å². The number of halogens is 1. The second-order valence-electron chi connectivity index (χ2n) is 6.95. The first-order valence-electron chi connectivity index (χ1n) is 8.41. The Labute approximate surface area is 146 Å². The molecular weight excluding hydrogens is 326 g/mol. The van der Waals surface area contributed by atoms with Crippen LogP contribution in [-0.4, -0.2) is 44.5 Å². The van der Waals surface area contributed by atoms with Crippen molar-refractivity contribution >= 4 is 17.5 Å². The van der Waals surface area contributed by atoms with Crippen LogP contribution in [0, 0.1) is 5.41 Å². The molecule has 2 fully saturated rings. The molecule has 1 saturated heterocycles. The van der Waals surface area contributed by atoms with Gasteiger partial charge >= 0.3 is 0 Å². The van der Waals surface area contributed by atoms with Gasteiger partial charge in [-0.05, 0) is 43.8 Å². The van der Waals surface area contributed by atoms with E-state index in [2.05, 4.69) is 15.3 Å². The molecule has 0 radical (unpaired) electrons. The summed E-state index contributed by atoms with van der Waals surface area (Å²) in [5, 5.41) is 3.97. The Morgan fingerprint density at radius 3 is 2.92 bits per heavy atom. The highest BCUT2D eigenvalue weighted by Crippen LogP contribution is 2.56. The molecule has 1 aliphatic carbocycles. The summed E-state index contributed by atoms with van der Waals surface area (Å²) in [6, 6.07) is 1.98. The van der Waals surface area contributed by atoms with Crippen molar-refractivity contribution in [2.24, 2.45) is 12.5 Å². The second kappa shape index (κ2) is 5.93. The predicted octanol–water partition coefficient (Wildman–Crippen LogP) is 2.19. The topological polar surface area (TPSA) is 66.0 Å². The number of rotatable bonds is 4. The van der Waals surface area contributed by atoms with E-state index in [1.807, 2.05) is 22.7 Å². The van der Waals surface area contributed by atoms with Crippen molar-refractivity contribution in [3.8, 4) is 0 Å². The van der Waals surface area contributed by atoms with Gasteiger partial charge in [-0.15, -0.1) is 0 Å². The highest BCUT2D eigenvalue weighted by molar-refractivity contribution is 6.30. The first kappa shape index (κ1) is 15.7. The molecule has 2 aromatic heterocycles. The Morgan fingerprint density at radius 2 is 2.29 bits per heavy atom. The van der Waals surface area contributed by atoms with Crippen LogP contribution >= 0.6 is 11.6 Å². The maximum absolute atomic E-state index is 13.1. The van der Waals surface area contributed by atoms with E-state index in [1.165, 1.54) is 0 Å². The number of aromatic nitrogens is 3. The van der Waals surface area contributed by atoms with E-state index in [4.69, 9.17) is 11.6 Å². The molecule has 24 heavy (non-hydrogen) atoms. The van der Waals surface area contributed by atoms with Gasteiger partial charge < -0.3 is 19.8 Å². The molecule has 6 nitrogen and oxygen atoms in total. The van der Waals surface area contributed by atoms with Gasteiger partial charge in [0.2, 0.25) is 0 Å². The summed E-state index contributed by atoms with van der Waals surface area (Å²) in [6.07, 6.45) is 8.69. The largest absolute Gasteiger partial charge is 0.356 e. The third kappa shape index (κ3) is 2.74. The third-order valence-electron chi connectivity index (χ3n) is 5.49. The molecule has 1 saturated carbocycles. The lowest BCUT2D eigenvalue weighted by atomic mass is 9.93. The fourth-order valence-electron chi connectivity index (χ4n) is 3.90. The van der Waals surface area contributed by atoms with Gasteiger partial charge in [0, 0.05) is 31.7 Å². The van der Waals surface area contributed by atoms with Gasteiger partial charge in [-0.25, -0.2) is 4.98 Å². The van der Waals surface area contributed by atoms with Crippen LogP contribution in [0.2, 0.25) is 5.02 Å². The molecule has 1 atom stereocenters. The van der Waals surface area contributed by atoms with Gasteiger partial charge in [-0.2, -0.15) is 0 Å². The van der Waals surface area contributed by atoms with Crippen LogP contribution in [-0.2, 0) is 13.6 Å². The molecule has 128 valence electrons. The zero-order chi connectivity index (χ0) is 16.7. The number of hydrogen-bond acceptors (Lipinski definition) is 3. The van der Waals surface area contributed by atoms with E-state index in [9.17, 15) is 4.79 Å². The lowest BCUT2D eigenvalue weighted by Crippen LogP contribution is -2.39. The van der Waals surface area contributed by atoms with Crippen LogP contribution in [0.25, 0.3) is 0 Å². The number of carbonyl (C=O) groups excluding carboxylic acids is 1. The summed E-state index contributed by atoms with van der Waals surface area (Å²) in [5.41, 5.74) is 0.827. The fourth-order valence-corrected chi connectivity index (χ4v) is 4.06. The second-order valence-corrected chi connectivity index (χ2v) is 7.39. The highest BCUT2D eigenvalue weighted by atomic mass is 35.5. The van der Waals surface area contributed by atoms with Gasteiger partial charge in [0.25, 0.3) is 5.91 Å². The van der Waals surface area contributed by atoms with E-state index in [1.54, 1.807) is 18.5 Å². The molecule has 3 heterocycles.